The topological polar surface area (TPSA) is 131 Å². The van der Waals surface area contributed by atoms with Crippen LogP contribution in [-0.2, 0) is 11.3 Å². The monoisotopic (exact) mass is 435 g/mol. The molecule has 1 atom stereocenters. The number of rotatable bonds is 6. The average Bonchev–Trinajstić information content (AvgIpc) is 3.33. The molecule has 0 radical (unpaired) electrons. The van der Waals surface area contributed by atoms with E-state index in [4.69, 9.17) is 19.3 Å². The van der Waals surface area contributed by atoms with Gasteiger partial charge in [0.15, 0.2) is 17.2 Å². The molecule has 0 aliphatic carbocycles. The van der Waals surface area contributed by atoms with Crippen molar-refractivity contribution in [2.24, 2.45) is 5.73 Å². The largest absolute Gasteiger partial charge is 0.455 e. The van der Waals surface area contributed by atoms with E-state index in [1.54, 1.807) is 6.07 Å². The minimum Gasteiger partial charge on any atom is -0.455 e. The van der Waals surface area contributed by atoms with Gasteiger partial charge in [0, 0.05) is 19.2 Å². The lowest BCUT2D eigenvalue weighted by Gasteiger charge is -2.31. The van der Waals surface area contributed by atoms with Crippen molar-refractivity contribution in [2.45, 2.75) is 12.6 Å². The molecule has 2 aromatic heterocycles. The van der Waals surface area contributed by atoms with Crippen LogP contribution in [0.1, 0.15) is 26.9 Å². The van der Waals surface area contributed by atoms with Gasteiger partial charge in [0.05, 0.1) is 31.2 Å². The summed E-state index contributed by atoms with van der Waals surface area (Å²) in [6, 6.07) is 4.56. The number of benzene rings is 1. The van der Waals surface area contributed by atoms with E-state index in [1.807, 2.05) is 4.90 Å². The number of anilines is 1. The van der Waals surface area contributed by atoms with E-state index in [0.717, 1.165) is 6.07 Å². The number of carbonyl (C=O) groups excluding carboxylic acids is 2. The summed E-state index contributed by atoms with van der Waals surface area (Å²) in [7, 11) is 0. The van der Waals surface area contributed by atoms with E-state index in [0.29, 0.717) is 38.1 Å². The highest BCUT2D eigenvalue weighted by Crippen LogP contribution is 2.33. The van der Waals surface area contributed by atoms with Crippen molar-refractivity contribution in [1.82, 2.24) is 4.90 Å². The van der Waals surface area contributed by atoms with Crippen molar-refractivity contribution in [3.05, 3.63) is 53.2 Å². The van der Waals surface area contributed by atoms with Crippen LogP contribution in [0.5, 0.6) is 0 Å². The van der Waals surface area contributed by atoms with Crippen molar-refractivity contribution in [1.29, 1.82) is 0 Å². The lowest BCUT2D eigenvalue weighted by molar-refractivity contribution is -0.0564. The number of hydrogen-bond donors (Lipinski definition) is 3. The number of aliphatic hydroxyl groups excluding tert-OH is 1. The van der Waals surface area contributed by atoms with Crippen LogP contribution in [-0.4, -0.2) is 54.2 Å². The van der Waals surface area contributed by atoms with Gasteiger partial charge in [0.25, 0.3) is 11.8 Å². The number of morpholine rings is 1. The van der Waals surface area contributed by atoms with Crippen molar-refractivity contribution in [3.63, 3.8) is 0 Å². The molecule has 3 aromatic rings. The molecule has 4 rings (SSSR count). The first-order chi connectivity index (χ1) is 14.9. The predicted molar refractivity (Wildman–Crippen MR) is 103 cm³/mol. The zero-order chi connectivity index (χ0) is 22.1. The van der Waals surface area contributed by atoms with E-state index in [2.05, 4.69) is 5.32 Å². The Morgan fingerprint density at radius 1 is 1.26 bits per heavy atom. The number of nitrogens with one attached hydrogen (secondary N) is 1. The van der Waals surface area contributed by atoms with Gasteiger partial charge in [0.2, 0.25) is 5.76 Å². The number of primary amides is 1. The second-order valence-corrected chi connectivity index (χ2v) is 7.07. The van der Waals surface area contributed by atoms with Crippen LogP contribution < -0.4 is 11.1 Å². The fourth-order valence-electron chi connectivity index (χ4n) is 3.44. The Bertz CT molecular complexity index is 1140. The SMILES string of the molecule is NC(=O)c1oc2c(F)cc(F)cc2c1NC(=O)c1ccc(CN2CCOC(CO)C2)o1. The van der Waals surface area contributed by atoms with Crippen molar-refractivity contribution < 1.29 is 37.0 Å². The first-order valence-electron chi connectivity index (χ1n) is 9.42. The zero-order valence-corrected chi connectivity index (χ0v) is 16.2. The molecule has 31 heavy (non-hydrogen) atoms. The van der Waals surface area contributed by atoms with Gasteiger partial charge in [-0.25, -0.2) is 8.78 Å². The van der Waals surface area contributed by atoms with Crippen LogP contribution in [0.25, 0.3) is 11.0 Å². The Hall–Kier alpha value is -3.28. The van der Waals surface area contributed by atoms with Crippen LogP contribution >= 0.6 is 0 Å². The fraction of sp³-hybridized carbons (Fsp3) is 0.300. The van der Waals surface area contributed by atoms with Gasteiger partial charge in [0.1, 0.15) is 17.3 Å². The summed E-state index contributed by atoms with van der Waals surface area (Å²) >= 11 is 0. The van der Waals surface area contributed by atoms with Gasteiger partial charge < -0.3 is 29.7 Å². The molecule has 2 amide bonds. The van der Waals surface area contributed by atoms with E-state index < -0.39 is 34.8 Å². The zero-order valence-electron chi connectivity index (χ0n) is 16.2. The predicted octanol–water partition coefficient (Wildman–Crippen LogP) is 1.85. The molecule has 1 unspecified atom stereocenters. The average molecular weight is 435 g/mol. The van der Waals surface area contributed by atoms with Crippen LogP contribution in [0.4, 0.5) is 14.5 Å². The molecule has 9 nitrogen and oxygen atoms in total. The Morgan fingerprint density at radius 2 is 2.06 bits per heavy atom. The molecule has 1 fully saturated rings. The number of halogens is 2. The highest BCUT2D eigenvalue weighted by atomic mass is 19.1. The summed E-state index contributed by atoms with van der Waals surface area (Å²) < 4.78 is 43.7. The maximum absolute atomic E-state index is 14.0. The minimum atomic E-state index is -1.06. The van der Waals surface area contributed by atoms with E-state index >= 15 is 0 Å². The van der Waals surface area contributed by atoms with Crippen LogP contribution in [0.2, 0.25) is 0 Å². The Morgan fingerprint density at radius 3 is 2.81 bits per heavy atom. The number of fused-ring (bicyclic) bond motifs is 1. The molecule has 4 N–H and O–H groups in total. The summed E-state index contributed by atoms with van der Waals surface area (Å²) in [4.78, 5) is 26.3. The standard InChI is InChI=1S/C20H19F2N3O6/c21-10-5-13-16(18(19(23)27)31-17(13)14(22)6-10)24-20(28)15-2-1-11(30-15)7-25-3-4-29-12(8-25)9-26/h1-2,5-6,12,26H,3-4,7-9H2,(H2,23,27)(H,24,28). The molecular formula is C20H19F2N3O6. The first kappa shape index (κ1) is 21.0. The summed E-state index contributed by atoms with van der Waals surface area (Å²) in [5, 5.41) is 11.5. The van der Waals surface area contributed by atoms with E-state index in [9.17, 15) is 23.5 Å². The van der Waals surface area contributed by atoms with Crippen LogP contribution in [0, 0.1) is 11.6 Å². The molecule has 1 aliphatic rings. The number of nitrogens with two attached hydrogens (primary N) is 1. The van der Waals surface area contributed by atoms with Crippen molar-refractivity contribution in [3.8, 4) is 0 Å². The lowest BCUT2D eigenvalue weighted by atomic mass is 10.2. The molecule has 3 heterocycles. The Labute approximate surface area is 174 Å². The van der Waals surface area contributed by atoms with Crippen LogP contribution in [0.3, 0.4) is 0 Å². The van der Waals surface area contributed by atoms with Gasteiger partial charge in [-0.3, -0.25) is 14.5 Å². The summed E-state index contributed by atoms with van der Waals surface area (Å²) in [5.74, 6) is -3.86. The highest BCUT2D eigenvalue weighted by Gasteiger charge is 2.25. The van der Waals surface area contributed by atoms with Gasteiger partial charge >= 0.3 is 0 Å². The summed E-state index contributed by atoms with van der Waals surface area (Å²) in [6.07, 6.45) is -0.283. The van der Waals surface area contributed by atoms with Gasteiger partial charge in [-0.2, -0.15) is 0 Å². The fourth-order valence-corrected chi connectivity index (χ4v) is 3.44. The van der Waals surface area contributed by atoms with Gasteiger partial charge in [-0.05, 0) is 18.2 Å². The first-order valence-corrected chi connectivity index (χ1v) is 9.42. The van der Waals surface area contributed by atoms with E-state index in [1.165, 1.54) is 6.07 Å². The number of aliphatic hydroxyl groups is 1. The number of ether oxygens (including phenoxy) is 1. The lowest BCUT2D eigenvalue weighted by Crippen LogP contribution is -2.43. The number of hydrogen-bond acceptors (Lipinski definition) is 7. The molecule has 1 aliphatic heterocycles. The third-order valence-electron chi connectivity index (χ3n) is 4.86. The molecular weight excluding hydrogens is 416 g/mol. The highest BCUT2D eigenvalue weighted by molar-refractivity contribution is 6.13. The normalized spacial score (nSPS) is 17.2. The quantitative estimate of drug-likeness (QED) is 0.538. The van der Waals surface area contributed by atoms with Crippen LogP contribution in [0.15, 0.2) is 33.1 Å². The molecule has 0 saturated carbocycles. The maximum Gasteiger partial charge on any atom is 0.291 e. The summed E-state index contributed by atoms with van der Waals surface area (Å²) in [6.45, 7) is 1.92. The molecule has 11 heteroatoms. The summed E-state index contributed by atoms with van der Waals surface area (Å²) in [5.41, 5.74) is 4.60. The minimum absolute atomic E-state index is 0.0800. The third-order valence-corrected chi connectivity index (χ3v) is 4.86. The van der Waals surface area contributed by atoms with Gasteiger partial charge in [-0.1, -0.05) is 0 Å². The molecule has 0 spiro atoms. The second-order valence-electron chi connectivity index (χ2n) is 7.07. The molecule has 164 valence electrons. The maximum atomic E-state index is 14.0. The molecule has 1 saturated heterocycles. The Kier molecular flexibility index (Phi) is 5.72. The number of amides is 2. The van der Waals surface area contributed by atoms with E-state index in [-0.39, 0.29) is 29.5 Å². The number of carbonyl (C=O) groups is 2. The Balaban J connectivity index is 1.55. The van der Waals surface area contributed by atoms with Crippen molar-refractivity contribution >= 4 is 28.5 Å². The molecule has 0 bridgehead atoms. The van der Waals surface area contributed by atoms with Gasteiger partial charge in [-0.15, -0.1) is 0 Å². The molecule has 1 aromatic carbocycles. The number of nitrogens with zero attached hydrogens (tertiary/aromatic N) is 1. The number of furan rings is 2. The third kappa shape index (κ3) is 4.29. The second kappa shape index (κ2) is 8.46. The smallest absolute Gasteiger partial charge is 0.291 e. The van der Waals surface area contributed by atoms with Crippen molar-refractivity contribution in [2.75, 3.05) is 31.6 Å².